The van der Waals surface area contributed by atoms with E-state index in [2.05, 4.69) is 18.9 Å². The number of H-pyrrole nitrogens is 1. The van der Waals surface area contributed by atoms with Crippen molar-refractivity contribution in [3.8, 4) is 5.69 Å². The van der Waals surface area contributed by atoms with Gasteiger partial charge < -0.3 is 0 Å². The van der Waals surface area contributed by atoms with Gasteiger partial charge in [-0.05, 0) is 43.4 Å². The van der Waals surface area contributed by atoms with Crippen LogP contribution in [0.3, 0.4) is 0 Å². The summed E-state index contributed by atoms with van der Waals surface area (Å²) < 4.78 is 1.67. The van der Waals surface area contributed by atoms with Crippen molar-refractivity contribution in [2.45, 2.75) is 40.5 Å². The van der Waals surface area contributed by atoms with Gasteiger partial charge >= 0.3 is 0 Å². The van der Waals surface area contributed by atoms with Crippen LogP contribution in [0.4, 0.5) is 0 Å². The molecule has 0 aliphatic rings. The molecule has 1 aromatic heterocycles. The Bertz CT molecular complexity index is 620. The molecule has 0 bridgehead atoms. The molecule has 102 valence electrons. The predicted octanol–water partition coefficient (Wildman–Crippen LogP) is 3.23. The third-order valence-electron chi connectivity index (χ3n) is 3.30. The smallest absolute Gasteiger partial charge is 0.274 e. The molecule has 0 saturated heterocycles. The molecule has 0 unspecified atom stereocenters. The molecule has 0 spiro atoms. The van der Waals surface area contributed by atoms with Crippen LogP contribution < -0.4 is 5.56 Å². The summed E-state index contributed by atoms with van der Waals surface area (Å²) in [6.45, 7) is 8.41. The molecule has 0 aliphatic heterocycles. The van der Waals surface area contributed by atoms with Crippen LogP contribution in [0.15, 0.2) is 29.1 Å². The molecule has 0 saturated carbocycles. The zero-order valence-electron chi connectivity index (χ0n) is 12.2. The summed E-state index contributed by atoms with van der Waals surface area (Å²) in [6, 6.07) is 8.00. The summed E-state index contributed by atoms with van der Waals surface area (Å²) in [4.78, 5) is 12.4. The number of aryl methyl sites for hydroxylation is 1. The maximum atomic E-state index is 12.4. The largest absolute Gasteiger partial charge is 0.295 e. The van der Waals surface area contributed by atoms with Crippen molar-refractivity contribution in [3.05, 3.63) is 51.4 Å². The molecule has 1 heterocycles. The van der Waals surface area contributed by atoms with Gasteiger partial charge in [0.05, 0.1) is 5.69 Å². The highest BCUT2D eigenvalue weighted by molar-refractivity contribution is 5.36. The molecule has 0 atom stereocenters. The summed E-state index contributed by atoms with van der Waals surface area (Å²) in [5.74, 6) is 0.536. The summed E-state index contributed by atoms with van der Waals surface area (Å²) in [5, 5.41) is 3.28. The lowest BCUT2D eigenvalue weighted by atomic mass is 10.0. The van der Waals surface area contributed by atoms with Crippen LogP contribution >= 0.6 is 0 Å². The molecule has 0 radical (unpaired) electrons. The number of nitrogens with zero attached hydrogens (tertiary/aromatic N) is 1. The van der Waals surface area contributed by atoms with Gasteiger partial charge in [0.15, 0.2) is 0 Å². The van der Waals surface area contributed by atoms with Crippen molar-refractivity contribution in [3.63, 3.8) is 0 Å². The maximum absolute atomic E-state index is 12.4. The van der Waals surface area contributed by atoms with Gasteiger partial charge in [0, 0.05) is 11.3 Å². The Morgan fingerprint density at radius 2 is 2.05 bits per heavy atom. The Labute approximate surface area is 114 Å². The van der Waals surface area contributed by atoms with Crippen LogP contribution in [0.25, 0.3) is 5.69 Å². The third-order valence-corrected chi connectivity index (χ3v) is 3.30. The number of nitrogens with one attached hydrogen (secondary N) is 1. The summed E-state index contributed by atoms with van der Waals surface area (Å²) in [7, 11) is 0. The molecular weight excluding hydrogens is 236 g/mol. The molecule has 0 fully saturated rings. The lowest BCUT2D eigenvalue weighted by Gasteiger charge is -2.05. The van der Waals surface area contributed by atoms with E-state index in [9.17, 15) is 4.79 Å². The summed E-state index contributed by atoms with van der Waals surface area (Å²) >= 11 is 0. The Morgan fingerprint density at radius 3 is 2.63 bits per heavy atom. The van der Waals surface area contributed by atoms with Gasteiger partial charge in [0.1, 0.15) is 0 Å². The topological polar surface area (TPSA) is 37.8 Å². The fourth-order valence-corrected chi connectivity index (χ4v) is 2.41. The van der Waals surface area contributed by atoms with E-state index in [1.807, 2.05) is 38.1 Å². The van der Waals surface area contributed by atoms with E-state index in [0.717, 1.165) is 35.3 Å². The minimum absolute atomic E-state index is 0.0868. The molecule has 1 aromatic carbocycles. The number of benzene rings is 1. The quantitative estimate of drug-likeness (QED) is 0.898. The normalized spacial score (nSPS) is 11.2. The van der Waals surface area contributed by atoms with Crippen LogP contribution in [0.1, 0.15) is 37.6 Å². The van der Waals surface area contributed by atoms with Crippen molar-refractivity contribution in [2.75, 3.05) is 0 Å². The van der Waals surface area contributed by atoms with Crippen LogP contribution in [0.2, 0.25) is 0 Å². The van der Waals surface area contributed by atoms with Crippen molar-refractivity contribution in [2.24, 2.45) is 5.92 Å². The molecule has 3 nitrogen and oxygen atoms in total. The first-order valence-electron chi connectivity index (χ1n) is 6.92. The van der Waals surface area contributed by atoms with Gasteiger partial charge in [0.2, 0.25) is 0 Å². The minimum atomic E-state index is 0.0868. The molecule has 1 N–H and O–H groups in total. The van der Waals surface area contributed by atoms with Crippen molar-refractivity contribution < 1.29 is 0 Å². The van der Waals surface area contributed by atoms with E-state index in [1.54, 1.807) is 4.68 Å². The van der Waals surface area contributed by atoms with Gasteiger partial charge in [-0.2, -0.15) is 0 Å². The van der Waals surface area contributed by atoms with Crippen molar-refractivity contribution in [1.82, 2.24) is 9.78 Å². The molecule has 0 amide bonds. The average Bonchev–Trinajstić information content (AvgIpc) is 2.65. The van der Waals surface area contributed by atoms with Gasteiger partial charge in [-0.25, -0.2) is 4.68 Å². The number of hydrogen-bond donors (Lipinski definition) is 1. The lowest BCUT2D eigenvalue weighted by Crippen LogP contribution is -2.17. The highest BCUT2D eigenvalue weighted by Gasteiger charge is 2.14. The molecule has 2 rings (SSSR count). The summed E-state index contributed by atoms with van der Waals surface area (Å²) in [5.41, 5.74) is 4.14. The Hall–Kier alpha value is -1.77. The highest BCUT2D eigenvalue weighted by atomic mass is 16.1. The standard InChI is InChI=1S/C16H22N2O/c1-5-14-15(9-11(2)3)17-18(16(14)19)13-8-6-7-12(4)10-13/h6-8,10-11,17H,5,9H2,1-4H3. The monoisotopic (exact) mass is 258 g/mol. The lowest BCUT2D eigenvalue weighted by molar-refractivity contribution is 0.625. The highest BCUT2D eigenvalue weighted by Crippen LogP contribution is 2.13. The number of rotatable bonds is 4. The van der Waals surface area contributed by atoms with Gasteiger partial charge in [0.25, 0.3) is 5.56 Å². The number of aromatic amines is 1. The first-order valence-corrected chi connectivity index (χ1v) is 6.92. The Kier molecular flexibility index (Phi) is 3.93. The zero-order chi connectivity index (χ0) is 14.0. The Morgan fingerprint density at radius 1 is 1.32 bits per heavy atom. The Balaban J connectivity index is 2.53. The van der Waals surface area contributed by atoms with Crippen molar-refractivity contribution in [1.29, 1.82) is 0 Å². The molecule has 2 aromatic rings. The predicted molar refractivity (Wildman–Crippen MR) is 79.0 cm³/mol. The first kappa shape index (κ1) is 13.7. The van der Waals surface area contributed by atoms with Gasteiger partial charge in [-0.3, -0.25) is 9.89 Å². The fourth-order valence-electron chi connectivity index (χ4n) is 2.41. The number of aromatic nitrogens is 2. The van der Waals surface area contributed by atoms with E-state index in [0.29, 0.717) is 5.92 Å². The average molecular weight is 258 g/mol. The van der Waals surface area contributed by atoms with Crippen LogP contribution in [0.5, 0.6) is 0 Å². The van der Waals surface area contributed by atoms with E-state index in [4.69, 9.17) is 0 Å². The van der Waals surface area contributed by atoms with Crippen LogP contribution in [0, 0.1) is 12.8 Å². The minimum Gasteiger partial charge on any atom is -0.295 e. The molecule has 0 aliphatic carbocycles. The fraction of sp³-hybridized carbons (Fsp3) is 0.438. The van der Waals surface area contributed by atoms with Crippen LogP contribution in [-0.4, -0.2) is 9.78 Å². The van der Waals surface area contributed by atoms with E-state index in [1.165, 1.54) is 0 Å². The third kappa shape index (κ3) is 2.80. The van der Waals surface area contributed by atoms with Crippen molar-refractivity contribution >= 4 is 0 Å². The second-order valence-electron chi connectivity index (χ2n) is 5.50. The zero-order valence-corrected chi connectivity index (χ0v) is 12.2. The molecular formula is C16H22N2O. The number of hydrogen-bond acceptors (Lipinski definition) is 1. The van der Waals surface area contributed by atoms with Gasteiger partial charge in [-0.15, -0.1) is 0 Å². The van der Waals surface area contributed by atoms with E-state index >= 15 is 0 Å². The van der Waals surface area contributed by atoms with E-state index < -0.39 is 0 Å². The summed E-state index contributed by atoms with van der Waals surface area (Å²) in [6.07, 6.45) is 1.69. The first-order chi connectivity index (χ1) is 9.02. The molecule has 19 heavy (non-hydrogen) atoms. The maximum Gasteiger partial charge on any atom is 0.274 e. The van der Waals surface area contributed by atoms with Crippen LogP contribution in [-0.2, 0) is 12.8 Å². The second kappa shape index (κ2) is 5.47. The van der Waals surface area contributed by atoms with Gasteiger partial charge in [-0.1, -0.05) is 32.9 Å². The second-order valence-corrected chi connectivity index (χ2v) is 5.50. The molecule has 3 heteroatoms. The van der Waals surface area contributed by atoms with E-state index in [-0.39, 0.29) is 5.56 Å². The SMILES string of the molecule is CCc1c(CC(C)C)[nH]n(-c2cccc(C)c2)c1=O.